The van der Waals surface area contributed by atoms with Gasteiger partial charge in [0.1, 0.15) is 5.69 Å². The molecule has 0 spiro atoms. The van der Waals surface area contributed by atoms with Gasteiger partial charge in [-0.25, -0.2) is 8.78 Å². The standard InChI is InChI=1S/C13H13F2N3O/c14-12(15)8-18-6-2-5-11(18)13(19)17-10-4-1-3-9(16)7-10/h1-7,12H,8,16H2,(H,17,19). The molecular formula is C13H13F2N3O. The van der Waals surface area contributed by atoms with Gasteiger partial charge in [-0.3, -0.25) is 4.79 Å². The fraction of sp³-hybridized carbons (Fsp3) is 0.154. The van der Waals surface area contributed by atoms with Crippen molar-refractivity contribution in [1.29, 1.82) is 0 Å². The lowest BCUT2D eigenvalue weighted by molar-refractivity contribution is 0.0998. The Hall–Kier alpha value is -2.37. The summed E-state index contributed by atoms with van der Waals surface area (Å²) in [5.41, 5.74) is 6.81. The Morgan fingerprint density at radius 2 is 2.11 bits per heavy atom. The van der Waals surface area contributed by atoms with Crippen LogP contribution in [0.4, 0.5) is 20.2 Å². The van der Waals surface area contributed by atoms with E-state index < -0.39 is 18.9 Å². The number of carbonyl (C=O) groups is 1. The van der Waals surface area contributed by atoms with Crippen LogP contribution in [0.3, 0.4) is 0 Å². The molecule has 0 saturated heterocycles. The summed E-state index contributed by atoms with van der Waals surface area (Å²) in [6, 6.07) is 9.70. The number of halogens is 2. The van der Waals surface area contributed by atoms with Crippen LogP contribution in [-0.4, -0.2) is 16.9 Å². The molecule has 2 aromatic rings. The van der Waals surface area contributed by atoms with Gasteiger partial charge in [-0.1, -0.05) is 6.07 Å². The summed E-state index contributed by atoms with van der Waals surface area (Å²) in [4.78, 5) is 12.0. The third-order valence-corrected chi connectivity index (χ3v) is 2.54. The number of nitrogens with zero attached hydrogens (tertiary/aromatic N) is 1. The Morgan fingerprint density at radius 3 is 2.79 bits per heavy atom. The third kappa shape index (κ3) is 3.31. The first-order valence-electron chi connectivity index (χ1n) is 5.66. The number of anilines is 2. The summed E-state index contributed by atoms with van der Waals surface area (Å²) >= 11 is 0. The lowest BCUT2D eigenvalue weighted by Crippen LogP contribution is -2.18. The smallest absolute Gasteiger partial charge is 0.272 e. The van der Waals surface area contributed by atoms with Crippen molar-refractivity contribution in [2.45, 2.75) is 13.0 Å². The number of alkyl halides is 2. The van der Waals surface area contributed by atoms with Gasteiger partial charge in [0.2, 0.25) is 0 Å². The Labute approximate surface area is 108 Å². The van der Waals surface area contributed by atoms with Crippen LogP contribution < -0.4 is 11.1 Å². The summed E-state index contributed by atoms with van der Waals surface area (Å²) in [6.45, 7) is -0.507. The zero-order valence-corrected chi connectivity index (χ0v) is 10.0. The van der Waals surface area contributed by atoms with Gasteiger partial charge in [-0.05, 0) is 30.3 Å². The second-order valence-electron chi connectivity index (χ2n) is 4.02. The highest BCUT2D eigenvalue weighted by Crippen LogP contribution is 2.14. The largest absolute Gasteiger partial charge is 0.399 e. The Bertz CT molecular complexity index is 581. The minimum absolute atomic E-state index is 0.183. The fourth-order valence-corrected chi connectivity index (χ4v) is 1.74. The molecule has 1 aromatic carbocycles. The Kier molecular flexibility index (Phi) is 3.79. The van der Waals surface area contributed by atoms with Crippen LogP contribution in [-0.2, 0) is 6.54 Å². The average molecular weight is 265 g/mol. The van der Waals surface area contributed by atoms with Gasteiger partial charge in [-0.2, -0.15) is 0 Å². The molecule has 0 aliphatic rings. The number of nitrogen functional groups attached to an aromatic ring is 1. The van der Waals surface area contributed by atoms with Gasteiger partial charge in [0.25, 0.3) is 12.3 Å². The van der Waals surface area contributed by atoms with Crippen LogP contribution in [0.2, 0.25) is 0 Å². The molecule has 3 N–H and O–H groups in total. The van der Waals surface area contributed by atoms with E-state index in [2.05, 4.69) is 5.32 Å². The number of nitrogens with one attached hydrogen (secondary N) is 1. The van der Waals surface area contributed by atoms with Crippen molar-refractivity contribution in [3.63, 3.8) is 0 Å². The van der Waals surface area contributed by atoms with E-state index in [4.69, 9.17) is 5.73 Å². The zero-order chi connectivity index (χ0) is 13.8. The molecule has 4 nitrogen and oxygen atoms in total. The lowest BCUT2D eigenvalue weighted by atomic mass is 10.2. The molecule has 1 heterocycles. The summed E-state index contributed by atoms with van der Waals surface area (Å²) in [5, 5.41) is 2.61. The van der Waals surface area contributed by atoms with Gasteiger partial charge in [-0.15, -0.1) is 0 Å². The molecular weight excluding hydrogens is 252 g/mol. The maximum Gasteiger partial charge on any atom is 0.272 e. The first-order valence-corrected chi connectivity index (χ1v) is 5.66. The highest BCUT2D eigenvalue weighted by atomic mass is 19.3. The first kappa shape index (κ1) is 13.1. The predicted molar refractivity (Wildman–Crippen MR) is 69.2 cm³/mol. The molecule has 1 amide bonds. The van der Waals surface area contributed by atoms with Crippen LogP contribution in [0.25, 0.3) is 0 Å². The van der Waals surface area contributed by atoms with Crippen molar-refractivity contribution < 1.29 is 13.6 Å². The van der Waals surface area contributed by atoms with Gasteiger partial charge >= 0.3 is 0 Å². The molecule has 0 unspecified atom stereocenters. The Balaban J connectivity index is 2.14. The van der Waals surface area contributed by atoms with E-state index in [1.807, 2.05) is 0 Å². The monoisotopic (exact) mass is 265 g/mol. The van der Waals surface area contributed by atoms with Crippen molar-refractivity contribution in [3.8, 4) is 0 Å². The molecule has 0 atom stereocenters. The molecule has 0 saturated carbocycles. The topological polar surface area (TPSA) is 60.0 Å². The number of nitrogens with two attached hydrogens (primary N) is 1. The van der Waals surface area contributed by atoms with Crippen LogP contribution in [0.1, 0.15) is 10.5 Å². The normalized spacial score (nSPS) is 10.7. The number of hydrogen-bond donors (Lipinski definition) is 2. The molecule has 0 aliphatic carbocycles. The molecule has 0 radical (unpaired) electrons. The second kappa shape index (κ2) is 5.51. The van der Waals surface area contributed by atoms with E-state index in [1.54, 1.807) is 30.3 Å². The van der Waals surface area contributed by atoms with Gasteiger partial charge in [0.15, 0.2) is 0 Å². The molecule has 1 aromatic heterocycles. The molecule has 0 bridgehead atoms. The number of rotatable bonds is 4. The number of amides is 1. The van der Waals surface area contributed by atoms with Crippen LogP contribution in [0.15, 0.2) is 42.6 Å². The summed E-state index contributed by atoms with van der Waals surface area (Å²) in [6.07, 6.45) is -1.06. The Morgan fingerprint density at radius 1 is 1.32 bits per heavy atom. The van der Waals surface area contributed by atoms with Crippen molar-refractivity contribution in [1.82, 2.24) is 4.57 Å². The van der Waals surface area contributed by atoms with Crippen molar-refractivity contribution in [2.75, 3.05) is 11.1 Å². The highest BCUT2D eigenvalue weighted by Gasteiger charge is 2.13. The number of hydrogen-bond acceptors (Lipinski definition) is 2. The van der Waals surface area contributed by atoms with E-state index in [9.17, 15) is 13.6 Å². The average Bonchev–Trinajstić information content (AvgIpc) is 2.76. The van der Waals surface area contributed by atoms with Gasteiger partial charge in [0, 0.05) is 17.6 Å². The third-order valence-electron chi connectivity index (χ3n) is 2.54. The highest BCUT2D eigenvalue weighted by molar-refractivity contribution is 6.03. The number of carbonyl (C=O) groups excluding carboxylic acids is 1. The molecule has 19 heavy (non-hydrogen) atoms. The maximum absolute atomic E-state index is 12.4. The molecule has 2 rings (SSSR count). The zero-order valence-electron chi connectivity index (χ0n) is 10.0. The van der Waals surface area contributed by atoms with Crippen molar-refractivity contribution in [3.05, 3.63) is 48.3 Å². The van der Waals surface area contributed by atoms with E-state index in [0.29, 0.717) is 11.4 Å². The predicted octanol–water partition coefficient (Wildman–Crippen LogP) is 2.59. The van der Waals surface area contributed by atoms with Gasteiger partial charge < -0.3 is 15.6 Å². The van der Waals surface area contributed by atoms with Crippen LogP contribution in [0.5, 0.6) is 0 Å². The number of aromatic nitrogens is 1. The quantitative estimate of drug-likeness (QED) is 0.835. The first-order chi connectivity index (χ1) is 9.06. The fourth-order valence-electron chi connectivity index (χ4n) is 1.74. The summed E-state index contributed by atoms with van der Waals surface area (Å²) < 4.78 is 25.9. The molecule has 6 heteroatoms. The van der Waals surface area contributed by atoms with E-state index in [0.717, 1.165) is 0 Å². The van der Waals surface area contributed by atoms with Crippen molar-refractivity contribution in [2.24, 2.45) is 0 Å². The van der Waals surface area contributed by atoms with Gasteiger partial charge in [0.05, 0.1) is 6.54 Å². The SMILES string of the molecule is Nc1cccc(NC(=O)c2cccn2CC(F)F)c1. The summed E-state index contributed by atoms with van der Waals surface area (Å²) in [5.74, 6) is -0.448. The van der Waals surface area contributed by atoms with E-state index in [-0.39, 0.29) is 5.69 Å². The van der Waals surface area contributed by atoms with Crippen molar-refractivity contribution >= 4 is 17.3 Å². The summed E-state index contributed by atoms with van der Waals surface area (Å²) in [7, 11) is 0. The second-order valence-corrected chi connectivity index (χ2v) is 4.02. The maximum atomic E-state index is 12.4. The van der Waals surface area contributed by atoms with E-state index in [1.165, 1.54) is 16.8 Å². The minimum Gasteiger partial charge on any atom is -0.399 e. The van der Waals surface area contributed by atoms with Crippen LogP contribution >= 0.6 is 0 Å². The molecule has 100 valence electrons. The lowest BCUT2D eigenvalue weighted by Gasteiger charge is -2.09. The minimum atomic E-state index is -2.51. The van der Waals surface area contributed by atoms with E-state index >= 15 is 0 Å². The number of benzene rings is 1. The van der Waals surface area contributed by atoms with Crippen LogP contribution in [0, 0.1) is 0 Å². The molecule has 0 fully saturated rings. The molecule has 0 aliphatic heterocycles.